The monoisotopic (exact) mass is 322 g/mol. The summed E-state index contributed by atoms with van der Waals surface area (Å²) in [5, 5.41) is 10.5. The average Bonchev–Trinajstić information content (AvgIpc) is 2.95. The summed E-state index contributed by atoms with van der Waals surface area (Å²) < 4.78 is 17.8. The lowest BCUT2D eigenvalue weighted by Crippen LogP contribution is -2.49. The van der Waals surface area contributed by atoms with Crippen LogP contribution in [0.4, 0.5) is 0 Å². The fourth-order valence-electron chi connectivity index (χ4n) is 3.67. The summed E-state index contributed by atoms with van der Waals surface area (Å²) in [6.07, 6.45) is 1.36. The fourth-order valence-corrected chi connectivity index (χ4v) is 3.67. The second-order valence-electron chi connectivity index (χ2n) is 7.53. The molecule has 0 aromatic heterocycles. The van der Waals surface area contributed by atoms with Gasteiger partial charge in [0, 0.05) is 12.8 Å². The van der Waals surface area contributed by atoms with Crippen molar-refractivity contribution < 1.29 is 23.8 Å². The molecular weight excluding hydrogens is 294 g/mol. The number of aliphatic hydroxyl groups is 1. The summed E-state index contributed by atoms with van der Waals surface area (Å²) in [6, 6.07) is 2.27. The van der Waals surface area contributed by atoms with Gasteiger partial charge in [-0.05, 0) is 17.5 Å². The first-order valence-electron chi connectivity index (χ1n) is 8.35. The standard InChI is InChI=1S/C18H28NO4/c1-11(2)14(20)9-13-16-12(6-7-19(13,3)4)8-15-17(18(16)21-5)23-10-22-15/h8,11,13-14,20H,6-7,9-10H2,1-5H3/q+1/t13-,14-/m0/s1. The van der Waals surface area contributed by atoms with Crippen LogP contribution in [0, 0.1) is 5.92 Å². The van der Waals surface area contributed by atoms with Crippen LogP contribution in [-0.4, -0.2) is 50.2 Å². The molecule has 2 atom stereocenters. The van der Waals surface area contributed by atoms with E-state index in [1.165, 1.54) is 11.1 Å². The Balaban J connectivity index is 2.10. The molecule has 1 N–H and O–H groups in total. The molecule has 0 aliphatic carbocycles. The van der Waals surface area contributed by atoms with Gasteiger partial charge in [-0.3, -0.25) is 0 Å². The predicted molar refractivity (Wildman–Crippen MR) is 88.0 cm³/mol. The third-order valence-electron chi connectivity index (χ3n) is 5.32. The number of quaternary nitrogens is 1. The number of likely N-dealkylation sites (N-methyl/N-ethyl adjacent to an activating group) is 1. The third-order valence-corrected chi connectivity index (χ3v) is 5.32. The minimum Gasteiger partial charge on any atom is -0.492 e. The molecule has 2 aliphatic heterocycles. The van der Waals surface area contributed by atoms with Crippen LogP contribution in [0.2, 0.25) is 0 Å². The molecule has 1 aromatic rings. The second kappa shape index (κ2) is 5.87. The third kappa shape index (κ3) is 2.76. The largest absolute Gasteiger partial charge is 0.492 e. The highest BCUT2D eigenvalue weighted by molar-refractivity contribution is 5.61. The molecule has 0 saturated carbocycles. The van der Waals surface area contributed by atoms with E-state index in [1.807, 2.05) is 0 Å². The molecule has 128 valence electrons. The summed E-state index contributed by atoms with van der Waals surface area (Å²) >= 11 is 0. The van der Waals surface area contributed by atoms with Gasteiger partial charge < -0.3 is 23.8 Å². The quantitative estimate of drug-likeness (QED) is 0.865. The Hall–Kier alpha value is -1.46. The molecule has 0 fully saturated rings. The van der Waals surface area contributed by atoms with Crippen LogP contribution < -0.4 is 14.2 Å². The molecule has 2 heterocycles. The van der Waals surface area contributed by atoms with Crippen LogP contribution in [0.5, 0.6) is 17.2 Å². The number of fused-ring (bicyclic) bond motifs is 2. The van der Waals surface area contributed by atoms with Crippen molar-refractivity contribution >= 4 is 0 Å². The molecule has 3 rings (SSSR count). The molecule has 2 aliphatic rings. The molecule has 0 unspecified atom stereocenters. The first-order valence-corrected chi connectivity index (χ1v) is 8.35. The molecule has 1 aromatic carbocycles. The molecule has 0 amide bonds. The Morgan fingerprint density at radius 2 is 2.09 bits per heavy atom. The van der Waals surface area contributed by atoms with E-state index in [1.54, 1.807) is 7.11 Å². The van der Waals surface area contributed by atoms with Crippen LogP contribution in [0.15, 0.2) is 6.07 Å². The maximum atomic E-state index is 10.5. The summed E-state index contributed by atoms with van der Waals surface area (Å²) in [6.45, 7) is 5.40. The van der Waals surface area contributed by atoms with E-state index in [9.17, 15) is 5.11 Å². The number of hydrogen-bond donors (Lipinski definition) is 1. The number of methoxy groups -OCH3 is 1. The van der Waals surface area contributed by atoms with E-state index in [4.69, 9.17) is 14.2 Å². The lowest BCUT2D eigenvalue weighted by atomic mass is 9.85. The first kappa shape index (κ1) is 16.4. The fraction of sp³-hybridized carbons (Fsp3) is 0.667. The van der Waals surface area contributed by atoms with Crippen molar-refractivity contribution in [3.8, 4) is 17.2 Å². The summed E-state index contributed by atoms with van der Waals surface area (Å²) in [5.74, 6) is 2.50. The SMILES string of the molecule is COc1c2c(cc3c1[C@H](C[C@H](O)C(C)C)[N+](C)(C)CC3)OCO2. The highest BCUT2D eigenvalue weighted by Crippen LogP contribution is 2.51. The van der Waals surface area contributed by atoms with Crippen molar-refractivity contribution in [3.63, 3.8) is 0 Å². The Labute approximate surface area is 138 Å². The van der Waals surface area contributed by atoms with Gasteiger partial charge in [0.15, 0.2) is 11.5 Å². The van der Waals surface area contributed by atoms with Gasteiger partial charge in [-0.25, -0.2) is 0 Å². The van der Waals surface area contributed by atoms with Gasteiger partial charge in [-0.1, -0.05) is 13.8 Å². The van der Waals surface area contributed by atoms with Crippen molar-refractivity contribution in [3.05, 3.63) is 17.2 Å². The average molecular weight is 322 g/mol. The van der Waals surface area contributed by atoms with Crippen molar-refractivity contribution in [1.82, 2.24) is 0 Å². The van der Waals surface area contributed by atoms with E-state index in [2.05, 4.69) is 34.0 Å². The van der Waals surface area contributed by atoms with E-state index in [-0.39, 0.29) is 24.9 Å². The van der Waals surface area contributed by atoms with E-state index in [0.717, 1.165) is 28.9 Å². The van der Waals surface area contributed by atoms with Gasteiger partial charge in [0.2, 0.25) is 12.5 Å². The molecule has 5 nitrogen and oxygen atoms in total. The van der Waals surface area contributed by atoms with Crippen molar-refractivity contribution in [1.29, 1.82) is 0 Å². The number of nitrogens with zero attached hydrogens (tertiary/aromatic N) is 1. The molecule has 23 heavy (non-hydrogen) atoms. The number of rotatable bonds is 4. The maximum Gasteiger partial charge on any atom is 0.231 e. The van der Waals surface area contributed by atoms with Crippen molar-refractivity contribution in [2.24, 2.45) is 5.92 Å². The second-order valence-corrected chi connectivity index (χ2v) is 7.53. The zero-order valence-electron chi connectivity index (χ0n) is 14.8. The highest BCUT2D eigenvalue weighted by Gasteiger charge is 2.42. The Bertz CT molecular complexity index is 597. The van der Waals surface area contributed by atoms with Gasteiger partial charge in [-0.15, -0.1) is 0 Å². The molecule has 5 heteroatoms. The lowest BCUT2D eigenvalue weighted by molar-refractivity contribution is -0.924. The zero-order valence-corrected chi connectivity index (χ0v) is 14.8. The highest BCUT2D eigenvalue weighted by atomic mass is 16.7. The smallest absolute Gasteiger partial charge is 0.231 e. The van der Waals surface area contributed by atoms with Gasteiger partial charge in [0.1, 0.15) is 6.04 Å². The van der Waals surface area contributed by atoms with Crippen molar-refractivity contribution in [2.45, 2.75) is 38.8 Å². The number of aliphatic hydroxyl groups excluding tert-OH is 1. The number of benzene rings is 1. The summed E-state index contributed by atoms with van der Waals surface area (Å²) in [7, 11) is 6.14. The minimum absolute atomic E-state index is 0.181. The van der Waals surface area contributed by atoms with E-state index < -0.39 is 0 Å². The first-order chi connectivity index (χ1) is 10.8. The minimum atomic E-state index is -0.335. The predicted octanol–water partition coefficient (Wildman–Crippen LogP) is 2.50. The normalized spacial score (nSPS) is 22.8. The van der Waals surface area contributed by atoms with Gasteiger partial charge >= 0.3 is 0 Å². The molecule has 0 saturated heterocycles. The lowest BCUT2D eigenvalue weighted by Gasteiger charge is -2.44. The van der Waals surface area contributed by atoms with E-state index >= 15 is 0 Å². The molecule has 0 radical (unpaired) electrons. The summed E-state index contributed by atoms with van der Waals surface area (Å²) in [5.41, 5.74) is 2.43. The van der Waals surface area contributed by atoms with Gasteiger partial charge in [0.05, 0.1) is 39.4 Å². The van der Waals surface area contributed by atoms with E-state index in [0.29, 0.717) is 12.2 Å². The maximum absolute atomic E-state index is 10.5. The number of ether oxygens (including phenoxy) is 3. The topological polar surface area (TPSA) is 47.9 Å². The van der Waals surface area contributed by atoms with Crippen molar-refractivity contribution in [2.75, 3.05) is 34.5 Å². The Kier molecular flexibility index (Phi) is 4.19. The Morgan fingerprint density at radius 1 is 1.35 bits per heavy atom. The van der Waals surface area contributed by atoms with Gasteiger partial charge in [0.25, 0.3) is 0 Å². The molecule has 0 spiro atoms. The van der Waals surface area contributed by atoms with Crippen LogP contribution in [0.1, 0.15) is 37.4 Å². The number of hydrogen-bond acceptors (Lipinski definition) is 4. The van der Waals surface area contributed by atoms with Crippen LogP contribution >= 0.6 is 0 Å². The zero-order chi connectivity index (χ0) is 16.8. The Morgan fingerprint density at radius 3 is 2.74 bits per heavy atom. The molecule has 0 bridgehead atoms. The van der Waals surface area contributed by atoms with Crippen LogP contribution in [-0.2, 0) is 6.42 Å². The van der Waals surface area contributed by atoms with Crippen LogP contribution in [0.3, 0.4) is 0 Å². The summed E-state index contributed by atoms with van der Waals surface area (Å²) in [4.78, 5) is 0. The molecular formula is C18H28NO4+. The van der Waals surface area contributed by atoms with Gasteiger partial charge in [-0.2, -0.15) is 0 Å². The van der Waals surface area contributed by atoms with Crippen LogP contribution in [0.25, 0.3) is 0 Å².